The Balaban J connectivity index is 1.95. The van der Waals surface area contributed by atoms with Gasteiger partial charge in [0.1, 0.15) is 0 Å². The van der Waals surface area contributed by atoms with Crippen molar-refractivity contribution in [1.29, 1.82) is 0 Å². The second kappa shape index (κ2) is 6.91. The van der Waals surface area contributed by atoms with Crippen LogP contribution in [0.5, 0.6) is 0 Å². The number of hydrogen-bond donors (Lipinski definition) is 1. The highest BCUT2D eigenvalue weighted by Crippen LogP contribution is 2.18. The highest BCUT2D eigenvalue weighted by molar-refractivity contribution is 9.10. The number of nitrogens with zero attached hydrogens (tertiary/aromatic N) is 1. The molecular formula is C17H21BrN2. The SMILES string of the molecule is Cc1ccc(CNc2ccc(CN(C)C)cc2)cc1Br. The maximum atomic E-state index is 3.57. The lowest BCUT2D eigenvalue weighted by atomic mass is 10.1. The average molecular weight is 333 g/mol. The van der Waals surface area contributed by atoms with Crippen molar-refractivity contribution in [3.63, 3.8) is 0 Å². The molecule has 0 atom stereocenters. The zero-order valence-electron chi connectivity index (χ0n) is 12.3. The lowest BCUT2D eigenvalue weighted by molar-refractivity contribution is 0.402. The van der Waals surface area contributed by atoms with Gasteiger partial charge < -0.3 is 10.2 Å². The molecule has 20 heavy (non-hydrogen) atoms. The summed E-state index contributed by atoms with van der Waals surface area (Å²) in [5, 5.41) is 3.45. The minimum Gasteiger partial charge on any atom is -0.381 e. The molecule has 0 radical (unpaired) electrons. The van der Waals surface area contributed by atoms with Gasteiger partial charge in [-0.1, -0.05) is 40.2 Å². The van der Waals surface area contributed by atoms with E-state index in [1.165, 1.54) is 16.7 Å². The second-order valence-corrected chi connectivity index (χ2v) is 6.23. The molecule has 2 aromatic rings. The second-order valence-electron chi connectivity index (χ2n) is 5.37. The molecule has 3 heteroatoms. The smallest absolute Gasteiger partial charge is 0.0401 e. The van der Waals surface area contributed by atoms with Gasteiger partial charge in [0.15, 0.2) is 0 Å². The maximum absolute atomic E-state index is 3.57. The Hall–Kier alpha value is -1.32. The number of halogens is 1. The summed E-state index contributed by atoms with van der Waals surface area (Å²) in [4.78, 5) is 2.17. The van der Waals surface area contributed by atoms with Crippen LogP contribution in [0.1, 0.15) is 16.7 Å². The zero-order valence-corrected chi connectivity index (χ0v) is 13.9. The van der Waals surface area contributed by atoms with Crippen LogP contribution in [-0.4, -0.2) is 19.0 Å². The zero-order chi connectivity index (χ0) is 14.5. The van der Waals surface area contributed by atoms with Gasteiger partial charge in [-0.3, -0.25) is 0 Å². The molecule has 0 fully saturated rings. The van der Waals surface area contributed by atoms with E-state index in [1.807, 2.05) is 0 Å². The third kappa shape index (κ3) is 4.36. The largest absolute Gasteiger partial charge is 0.381 e. The van der Waals surface area contributed by atoms with Gasteiger partial charge in [0.25, 0.3) is 0 Å². The molecule has 0 aromatic heterocycles. The van der Waals surface area contributed by atoms with Crippen LogP contribution >= 0.6 is 15.9 Å². The molecule has 0 saturated carbocycles. The van der Waals surface area contributed by atoms with Crippen LogP contribution < -0.4 is 5.32 Å². The Morgan fingerprint density at radius 3 is 2.25 bits per heavy atom. The summed E-state index contributed by atoms with van der Waals surface area (Å²) in [5.74, 6) is 0. The molecule has 0 amide bonds. The van der Waals surface area contributed by atoms with E-state index in [1.54, 1.807) is 0 Å². The molecule has 1 N–H and O–H groups in total. The van der Waals surface area contributed by atoms with Gasteiger partial charge in [0.2, 0.25) is 0 Å². The van der Waals surface area contributed by atoms with Crippen molar-refractivity contribution < 1.29 is 0 Å². The van der Waals surface area contributed by atoms with Crippen molar-refractivity contribution in [1.82, 2.24) is 4.90 Å². The number of rotatable bonds is 5. The van der Waals surface area contributed by atoms with Crippen LogP contribution in [0.4, 0.5) is 5.69 Å². The van der Waals surface area contributed by atoms with E-state index < -0.39 is 0 Å². The molecular weight excluding hydrogens is 312 g/mol. The van der Waals surface area contributed by atoms with Crippen molar-refractivity contribution >= 4 is 21.6 Å². The van der Waals surface area contributed by atoms with Gasteiger partial charge in [-0.05, 0) is 55.9 Å². The molecule has 2 aromatic carbocycles. The third-order valence-corrected chi connectivity index (χ3v) is 4.04. The molecule has 0 aliphatic carbocycles. The topological polar surface area (TPSA) is 15.3 Å². The van der Waals surface area contributed by atoms with E-state index in [2.05, 4.69) is 89.6 Å². The van der Waals surface area contributed by atoms with Gasteiger partial charge in [-0.2, -0.15) is 0 Å². The molecule has 0 aliphatic heterocycles. The van der Waals surface area contributed by atoms with Gasteiger partial charge in [0, 0.05) is 23.2 Å². The fraction of sp³-hybridized carbons (Fsp3) is 0.294. The first-order valence-electron chi connectivity index (χ1n) is 6.77. The highest BCUT2D eigenvalue weighted by Gasteiger charge is 1.99. The lowest BCUT2D eigenvalue weighted by Crippen LogP contribution is -2.10. The summed E-state index contributed by atoms with van der Waals surface area (Å²) in [6.45, 7) is 3.92. The van der Waals surface area contributed by atoms with Crippen LogP contribution in [0.25, 0.3) is 0 Å². The normalized spacial score (nSPS) is 10.8. The molecule has 0 aliphatic rings. The minimum atomic E-state index is 0.839. The Morgan fingerprint density at radius 2 is 1.65 bits per heavy atom. The Kier molecular flexibility index (Phi) is 5.21. The lowest BCUT2D eigenvalue weighted by Gasteiger charge is -2.11. The van der Waals surface area contributed by atoms with Gasteiger partial charge >= 0.3 is 0 Å². The first-order chi connectivity index (χ1) is 9.54. The summed E-state index contributed by atoms with van der Waals surface area (Å²) < 4.78 is 1.16. The van der Waals surface area contributed by atoms with Crippen molar-refractivity contribution in [3.8, 4) is 0 Å². The van der Waals surface area contributed by atoms with Crippen molar-refractivity contribution in [2.24, 2.45) is 0 Å². The predicted molar refractivity (Wildman–Crippen MR) is 90.0 cm³/mol. The van der Waals surface area contributed by atoms with E-state index >= 15 is 0 Å². The third-order valence-electron chi connectivity index (χ3n) is 3.19. The maximum Gasteiger partial charge on any atom is 0.0401 e. The average Bonchev–Trinajstić information content (AvgIpc) is 2.41. The van der Waals surface area contributed by atoms with Crippen LogP contribution in [0.2, 0.25) is 0 Å². The van der Waals surface area contributed by atoms with Gasteiger partial charge in [-0.15, -0.1) is 0 Å². The highest BCUT2D eigenvalue weighted by atomic mass is 79.9. The standard InChI is InChI=1S/C17H21BrN2/c1-13-4-5-15(10-17(13)18)11-19-16-8-6-14(7-9-16)12-20(2)3/h4-10,19H,11-12H2,1-3H3. The minimum absolute atomic E-state index is 0.839. The van der Waals surface area contributed by atoms with Crippen LogP contribution in [0, 0.1) is 6.92 Å². The van der Waals surface area contributed by atoms with Crippen molar-refractivity contribution in [3.05, 3.63) is 63.6 Å². The molecule has 2 nitrogen and oxygen atoms in total. The number of benzene rings is 2. The summed E-state index contributed by atoms with van der Waals surface area (Å²) in [5.41, 5.74) is 5.03. The van der Waals surface area contributed by atoms with E-state index in [0.717, 1.165) is 23.2 Å². The Morgan fingerprint density at radius 1 is 1.00 bits per heavy atom. The molecule has 0 saturated heterocycles. The van der Waals surface area contributed by atoms with Gasteiger partial charge in [0.05, 0.1) is 0 Å². The summed E-state index contributed by atoms with van der Waals surface area (Å²) >= 11 is 3.57. The van der Waals surface area contributed by atoms with Crippen LogP contribution in [-0.2, 0) is 13.1 Å². The Bertz CT molecular complexity index is 562. The molecule has 0 spiro atoms. The molecule has 0 unspecified atom stereocenters. The number of nitrogens with one attached hydrogen (secondary N) is 1. The van der Waals surface area contributed by atoms with Crippen LogP contribution in [0.3, 0.4) is 0 Å². The fourth-order valence-electron chi connectivity index (χ4n) is 2.04. The van der Waals surface area contributed by atoms with Gasteiger partial charge in [-0.25, -0.2) is 0 Å². The molecule has 0 bridgehead atoms. The Labute approximate surface area is 129 Å². The van der Waals surface area contributed by atoms with E-state index in [9.17, 15) is 0 Å². The summed E-state index contributed by atoms with van der Waals surface area (Å²) in [6.07, 6.45) is 0. The summed E-state index contributed by atoms with van der Waals surface area (Å²) in [7, 11) is 4.17. The molecule has 106 valence electrons. The first kappa shape index (κ1) is 15.1. The van der Waals surface area contributed by atoms with E-state index in [-0.39, 0.29) is 0 Å². The van der Waals surface area contributed by atoms with E-state index in [4.69, 9.17) is 0 Å². The summed E-state index contributed by atoms with van der Waals surface area (Å²) in [6, 6.07) is 15.1. The predicted octanol–water partition coefficient (Wildman–Crippen LogP) is 4.43. The van der Waals surface area contributed by atoms with Crippen molar-refractivity contribution in [2.75, 3.05) is 19.4 Å². The number of aryl methyl sites for hydroxylation is 1. The monoisotopic (exact) mass is 332 g/mol. The first-order valence-corrected chi connectivity index (χ1v) is 7.56. The number of hydrogen-bond acceptors (Lipinski definition) is 2. The molecule has 2 rings (SSSR count). The van der Waals surface area contributed by atoms with E-state index in [0.29, 0.717) is 0 Å². The van der Waals surface area contributed by atoms with Crippen LogP contribution in [0.15, 0.2) is 46.9 Å². The fourth-order valence-corrected chi connectivity index (χ4v) is 2.47. The number of anilines is 1. The molecule has 0 heterocycles. The van der Waals surface area contributed by atoms with Crippen molar-refractivity contribution in [2.45, 2.75) is 20.0 Å². The quantitative estimate of drug-likeness (QED) is 0.871.